The Morgan fingerprint density at radius 2 is 1.58 bits per heavy atom. The van der Waals surface area contributed by atoms with Gasteiger partial charge < -0.3 is 15.5 Å². The Labute approximate surface area is 162 Å². The zero-order chi connectivity index (χ0) is 18.9. The van der Waals surface area contributed by atoms with E-state index in [0.717, 1.165) is 5.69 Å². The van der Waals surface area contributed by atoms with E-state index in [4.69, 9.17) is 23.2 Å². The Kier molecular flexibility index (Phi) is 5.12. The van der Waals surface area contributed by atoms with E-state index in [1.54, 1.807) is 18.2 Å². The molecular weight excluding hydrogens is 373 g/mol. The van der Waals surface area contributed by atoms with Crippen molar-refractivity contribution in [2.75, 3.05) is 29.6 Å². The molecule has 0 aromatic heterocycles. The Morgan fingerprint density at radius 1 is 0.962 bits per heavy atom. The van der Waals surface area contributed by atoms with Crippen LogP contribution in [0.25, 0.3) is 0 Å². The highest BCUT2D eigenvalue weighted by Gasteiger charge is 2.56. The predicted octanol–water partition coefficient (Wildman–Crippen LogP) is 4.42. The molecule has 0 saturated heterocycles. The maximum Gasteiger partial charge on any atom is 0.240 e. The quantitative estimate of drug-likeness (QED) is 0.741. The molecule has 1 aliphatic carbocycles. The molecule has 1 aliphatic rings. The monoisotopic (exact) mass is 391 g/mol. The smallest absolute Gasteiger partial charge is 0.240 e. The van der Waals surface area contributed by atoms with Crippen LogP contribution in [0.2, 0.25) is 10.0 Å². The first kappa shape index (κ1) is 18.5. The molecule has 26 heavy (non-hydrogen) atoms. The van der Waals surface area contributed by atoms with Crippen LogP contribution in [-0.4, -0.2) is 25.9 Å². The molecule has 2 amide bonds. The average Bonchev–Trinajstić information content (AvgIpc) is 3.40. The van der Waals surface area contributed by atoms with Crippen molar-refractivity contribution in [3.63, 3.8) is 0 Å². The molecule has 1 saturated carbocycles. The summed E-state index contributed by atoms with van der Waals surface area (Å²) in [5.41, 5.74) is 1.07. The second-order valence-corrected chi connectivity index (χ2v) is 7.40. The minimum Gasteiger partial charge on any atom is -0.378 e. The van der Waals surface area contributed by atoms with E-state index in [-0.39, 0.29) is 11.8 Å². The fraction of sp³-hybridized carbons (Fsp3) is 0.263. The number of anilines is 3. The maximum atomic E-state index is 12.6. The number of rotatable bonds is 5. The third-order valence-corrected chi connectivity index (χ3v) is 4.99. The van der Waals surface area contributed by atoms with Gasteiger partial charge in [0.05, 0.1) is 10.7 Å². The lowest BCUT2D eigenvalue weighted by Gasteiger charge is -2.17. The van der Waals surface area contributed by atoms with Gasteiger partial charge in [-0.15, -0.1) is 0 Å². The SMILES string of the molecule is CN(C)c1ccc(NC(=O)C2(C(=O)Nc3ccc(Cl)cc3Cl)CC2)cc1. The summed E-state index contributed by atoms with van der Waals surface area (Å²) in [6.45, 7) is 0. The van der Waals surface area contributed by atoms with Crippen LogP contribution in [0, 0.1) is 5.41 Å². The summed E-state index contributed by atoms with van der Waals surface area (Å²) in [5.74, 6) is -0.665. The predicted molar refractivity (Wildman–Crippen MR) is 106 cm³/mol. The summed E-state index contributed by atoms with van der Waals surface area (Å²) < 4.78 is 0. The summed E-state index contributed by atoms with van der Waals surface area (Å²) >= 11 is 12.0. The Morgan fingerprint density at radius 3 is 2.12 bits per heavy atom. The number of carbonyl (C=O) groups excluding carboxylic acids is 2. The number of nitrogens with one attached hydrogen (secondary N) is 2. The van der Waals surface area contributed by atoms with Gasteiger partial charge in [-0.3, -0.25) is 9.59 Å². The second kappa shape index (κ2) is 7.17. The van der Waals surface area contributed by atoms with E-state index >= 15 is 0 Å². The Hall–Kier alpha value is -2.24. The molecule has 5 nitrogen and oxygen atoms in total. The largest absolute Gasteiger partial charge is 0.378 e. The summed E-state index contributed by atoms with van der Waals surface area (Å²) in [6, 6.07) is 12.2. The van der Waals surface area contributed by atoms with Crippen LogP contribution in [0.1, 0.15) is 12.8 Å². The van der Waals surface area contributed by atoms with Gasteiger partial charge in [0.15, 0.2) is 0 Å². The molecule has 2 N–H and O–H groups in total. The number of nitrogens with zero attached hydrogens (tertiary/aromatic N) is 1. The lowest BCUT2D eigenvalue weighted by molar-refractivity contribution is -0.131. The Balaban J connectivity index is 1.69. The third-order valence-electron chi connectivity index (χ3n) is 4.44. The normalized spacial score (nSPS) is 14.5. The van der Waals surface area contributed by atoms with E-state index in [2.05, 4.69) is 10.6 Å². The molecule has 0 aliphatic heterocycles. The molecule has 136 valence electrons. The molecule has 3 rings (SSSR count). The zero-order valence-corrected chi connectivity index (χ0v) is 16.0. The highest BCUT2D eigenvalue weighted by Crippen LogP contribution is 2.48. The molecule has 7 heteroatoms. The number of hydrogen-bond donors (Lipinski definition) is 2. The summed E-state index contributed by atoms with van der Waals surface area (Å²) in [4.78, 5) is 27.3. The molecule has 0 radical (unpaired) electrons. The highest BCUT2D eigenvalue weighted by atomic mass is 35.5. The molecular formula is C19H19Cl2N3O2. The van der Waals surface area contributed by atoms with Gasteiger partial charge in [0.25, 0.3) is 0 Å². The van der Waals surface area contributed by atoms with Crippen molar-refractivity contribution in [2.45, 2.75) is 12.8 Å². The van der Waals surface area contributed by atoms with Gasteiger partial charge >= 0.3 is 0 Å². The van der Waals surface area contributed by atoms with Gasteiger partial charge in [-0.05, 0) is 55.3 Å². The molecule has 0 bridgehead atoms. The number of halogens is 2. The molecule has 2 aromatic carbocycles. The zero-order valence-electron chi connectivity index (χ0n) is 14.5. The minimum atomic E-state index is -1.05. The average molecular weight is 392 g/mol. The van der Waals surface area contributed by atoms with Crippen LogP contribution in [0.15, 0.2) is 42.5 Å². The molecule has 0 unspecified atom stereocenters. The fourth-order valence-electron chi connectivity index (χ4n) is 2.61. The molecule has 0 atom stereocenters. The third kappa shape index (κ3) is 3.79. The van der Waals surface area contributed by atoms with Crippen LogP contribution in [0.3, 0.4) is 0 Å². The lowest BCUT2D eigenvalue weighted by atomic mass is 10.0. The van der Waals surface area contributed by atoms with Crippen molar-refractivity contribution in [3.8, 4) is 0 Å². The van der Waals surface area contributed by atoms with Crippen molar-refractivity contribution < 1.29 is 9.59 Å². The van der Waals surface area contributed by atoms with Crippen LogP contribution in [0.5, 0.6) is 0 Å². The highest BCUT2D eigenvalue weighted by molar-refractivity contribution is 6.37. The van der Waals surface area contributed by atoms with Crippen molar-refractivity contribution in [1.82, 2.24) is 0 Å². The van der Waals surface area contributed by atoms with Gasteiger partial charge in [-0.25, -0.2) is 0 Å². The van der Waals surface area contributed by atoms with E-state index in [1.807, 2.05) is 43.3 Å². The number of carbonyl (C=O) groups is 2. The second-order valence-electron chi connectivity index (χ2n) is 6.56. The first-order chi connectivity index (χ1) is 12.3. The van der Waals surface area contributed by atoms with Crippen LogP contribution in [-0.2, 0) is 9.59 Å². The van der Waals surface area contributed by atoms with Crippen molar-refractivity contribution in [3.05, 3.63) is 52.5 Å². The van der Waals surface area contributed by atoms with Crippen LogP contribution < -0.4 is 15.5 Å². The van der Waals surface area contributed by atoms with Gasteiger partial charge in [0.1, 0.15) is 5.41 Å². The summed E-state index contributed by atoms with van der Waals surface area (Å²) in [7, 11) is 3.89. The van der Waals surface area contributed by atoms with Gasteiger partial charge in [0.2, 0.25) is 11.8 Å². The maximum absolute atomic E-state index is 12.6. The summed E-state index contributed by atoms with van der Waals surface area (Å²) in [5, 5.41) is 6.38. The van der Waals surface area contributed by atoms with Gasteiger partial charge in [0, 0.05) is 30.5 Å². The fourth-order valence-corrected chi connectivity index (χ4v) is 3.06. The molecule has 0 heterocycles. The standard InChI is InChI=1S/C19H19Cl2N3O2/c1-24(2)14-6-4-13(5-7-14)22-17(25)19(9-10-19)18(26)23-16-8-3-12(20)11-15(16)21/h3-8,11H,9-10H2,1-2H3,(H,22,25)(H,23,26). The van der Waals surface area contributed by atoms with Crippen LogP contribution >= 0.6 is 23.2 Å². The van der Waals surface area contributed by atoms with Crippen molar-refractivity contribution >= 4 is 52.1 Å². The van der Waals surface area contributed by atoms with E-state index < -0.39 is 5.41 Å². The van der Waals surface area contributed by atoms with Crippen molar-refractivity contribution in [2.24, 2.45) is 5.41 Å². The van der Waals surface area contributed by atoms with E-state index in [1.165, 1.54) is 0 Å². The molecule has 0 spiro atoms. The number of amides is 2. The Bertz CT molecular complexity index is 846. The molecule has 2 aromatic rings. The van der Waals surface area contributed by atoms with Gasteiger partial charge in [-0.2, -0.15) is 0 Å². The van der Waals surface area contributed by atoms with E-state index in [9.17, 15) is 9.59 Å². The minimum absolute atomic E-state index is 0.308. The molecule has 1 fully saturated rings. The topological polar surface area (TPSA) is 61.4 Å². The van der Waals surface area contributed by atoms with Gasteiger partial charge in [-0.1, -0.05) is 23.2 Å². The first-order valence-electron chi connectivity index (χ1n) is 8.17. The first-order valence-corrected chi connectivity index (χ1v) is 8.93. The number of benzene rings is 2. The number of hydrogen-bond acceptors (Lipinski definition) is 3. The lowest BCUT2D eigenvalue weighted by Crippen LogP contribution is -2.35. The van der Waals surface area contributed by atoms with Crippen LogP contribution in [0.4, 0.5) is 17.1 Å². The van der Waals surface area contributed by atoms with Crippen molar-refractivity contribution in [1.29, 1.82) is 0 Å². The summed E-state index contributed by atoms with van der Waals surface area (Å²) in [6.07, 6.45) is 1.01. The van der Waals surface area contributed by atoms with E-state index in [0.29, 0.717) is 34.3 Å².